The second kappa shape index (κ2) is 4.44. The van der Waals surface area contributed by atoms with Crippen molar-refractivity contribution < 1.29 is 14.1 Å². The van der Waals surface area contributed by atoms with E-state index in [0.29, 0.717) is 0 Å². The van der Waals surface area contributed by atoms with Gasteiger partial charge in [-0.3, -0.25) is 10.1 Å². The summed E-state index contributed by atoms with van der Waals surface area (Å²) < 4.78 is 18.4. The lowest BCUT2D eigenvalue weighted by Crippen LogP contribution is -2.07. The van der Waals surface area contributed by atoms with Gasteiger partial charge in [0.1, 0.15) is 0 Å². The fourth-order valence-corrected chi connectivity index (χ4v) is 1.20. The van der Waals surface area contributed by atoms with Gasteiger partial charge in [-0.25, -0.2) is 4.39 Å². The fraction of sp³-hybridized carbons (Fsp3) is 0.333. The Kier molecular flexibility index (Phi) is 3.47. The van der Waals surface area contributed by atoms with Crippen LogP contribution in [-0.2, 0) is 0 Å². The molecule has 4 nitrogen and oxygen atoms in total. The van der Waals surface area contributed by atoms with Gasteiger partial charge in [-0.05, 0) is 13.8 Å². The van der Waals surface area contributed by atoms with Gasteiger partial charge in [0.05, 0.1) is 22.1 Å². The Morgan fingerprint density at radius 1 is 1.53 bits per heavy atom. The molecule has 0 unspecified atom stereocenters. The summed E-state index contributed by atoms with van der Waals surface area (Å²) in [6.45, 7) is 3.37. The van der Waals surface area contributed by atoms with Crippen LogP contribution in [0, 0.1) is 15.9 Å². The number of halogens is 2. The van der Waals surface area contributed by atoms with E-state index in [2.05, 4.69) is 0 Å². The van der Waals surface area contributed by atoms with E-state index in [4.69, 9.17) is 16.3 Å². The average molecular weight is 234 g/mol. The van der Waals surface area contributed by atoms with Crippen molar-refractivity contribution in [1.29, 1.82) is 0 Å². The van der Waals surface area contributed by atoms with Crippen LogP contribution in [0.1, 0.15) is 13.8 Å². The zero-order valence-corrected chi connectivity index (χ0v) is 8.92. The Hall–Kier alpha value is -1.36. The Labute approximate surface area is 90.8 Å². The zero-order valence-electron chi connectivity index (χ0n) is 8.16. The molecule has 0 spiro atoms. The van der Waals surface area contributed by atoms with E-state index >= 15 is 0 Å². The number of ether oxygens (including phenoxy) is 1. The van der Waals surface area contributed by atoms with E-state index in [1.54, 1.807) is 13.8 Å². The average Bonchev–Trinajstić information content (AvgIpc) is 2.11. The van der Waals surface area contributed by atoms with Crippen molar-refractivity contribution in [3.05, 3.63) is 33.1 Å². The fourth-order valence-electron chi connectivity index (χ4n) is 0.995. The highest BCUT2D eigenvalue weighted by molar-refractivity contribution is 6.31. The lowest BCUT2D eigenvalue weighted by molar-refractivity contribution is -0.385. The highest BCUT2D eigenvalue weighted by Gasteiger charge is 2.17. The van der Waals surface area contributed by atoms with Crippen LogP contribution in [-0.4, -0.2) is 11.0 Å². The van der Waals surface area contributed by atoms with Crippen molar-refractivity contribution in [3.63, 3.8) is 0 Å². The summed E-state index contributed by atoms with van der Waals surface area (Å²) in [5, 5.41) is 10.2. The molecule has 0 fully saturated rings. The molecule has 0 saturated carbocycles. The van der Waals surface area contributed by atoms with Crippen LogP contribution in [0.3, 0.4) is 0 Å². The van der Waals surface area contributed by atoms with Crippen molar-refractivity contribution in [2.75, 3.05) is 0 Å². The number of nitro benzene ring substituents is 1. The van der Waals surface area contributed by atoms with Crippen molar-refractivity contribution in [3.8, 4) is 5.75 Å². The maximum Gasteiger partial charge on any atom is 0.274 e. The molecule has 15 heavy (non-hydrogen) atoms. The summed E-state index contributed by atoms with van der Waals surface area (Å²) in [7, 11) is 0. The third-order valence-corrected chi connectivity index (χ3v) is 1.83. The predicted octanol–water partition coefficient (Wildman–Crippen LogP) is 3.17. The molecular weight excluding hydrogens is 225 g/mol. The van der Waals surface area contributed by atoms with Crippen LogP contribution in [0.15, 0.2) is 12.1 Å². The van der Waals surface area contributed by atoms with Crippen LogP contribution >= 0.6 is 11.6 Å². The van der Waals surface area contributed by atoms with Crippen LogP contribution in [0.25, 0.3) is 0 Å². The van der Waals surface area contributed by atoms with E-state index in [9.17, 15) is 14.5 Å². The SMILES string of the molecule is CC(C)Oc1cc([N+](=O)[O-])cc(Cl)c1F. The first-order chi connectivity index (χ1) is 6.91. The summed E-state index contributed by atoms with van der Waals surface area (Å²) in [4.78, 5) is 9.82. The number of hydrogen-bond acceptors (Lipinski definition) is 3. The monoisotopic (exact) mass is 233 g/mol. The Bertz CT molecular complexity index is 395. The Morgan fingerprint density at radius 2 is 2.13 bits per heavy atom. The third-order valence-electron chi connectivity index (χ3n) is 1.55. The molecule has 0 aliphatic heterocycles. The minimum atomic E-state index is -0.782. The molecule has 0 bridgehead atoms. The molecule has 1 aromatic rings. The van der Waals surface area contributed by atoms with Gasteiger partial charge in [0.15, 0.2) is 11.6 Å². The smallest absolute Gasteiger partial charge is 0.274 e. The van der Waals surface area contributed by atoms with Gasteiger partial charge in [-0.1, -0.05) is 11.6 Å². The van der Waals surface area contributed by atoms with Gasteiger partial charge < -0.3 is 4.74 Å². The first-order valence-corrected chi connectivity index (χ1v) is 4.59. The number of nitro groups is 1. The lowest BCUT2D eigenvalue weighted by Gasteiger charge is -2.10. The van der Waals surface area contributed by atoms with E-state index < -0.39 is 10.7 Å². The molecule has 0 N–H and O–H groups in total. The van der Waals surface area contributed by atoms with E-state index in [-0.39, 0.29) is 22.6 Å². The van der Waals surface area contributed by atoms with Crippen molar-refractivity contribution >= 4 is 17.3 Å². The molecule has 0 heterocycles. The van der Waals surface area contributed by atoms with Gasteiger partial charge in [0.25, 0.3) is 5.69 Å². The molecule has 0 aromatic heterocycles. The van der Waals surface area contributed by atoms with Crippen LogP contribution < -0.4 is 4.74 Å². The second-order valence-electron chi connectivity index (χ2n) is 3.16. The van der Waals surface area contributed by atoms with Gasteiger partial charge in [0, 0.05) is 6.07 Å². The molecule has 0 aliphatic carbocycles. The minimum absolute atomic E-state index is 0.204. The molecule has 1 aromatic carbocycles. The molecule has 0 amide bonds. The van der Waals surface area contributed by atoms with Gasteiger partial charge in [0.2, 0.25) is 0 Å². The summed E-state index contributed by atoms with van der Waals surface area (Å²) in [6.07, 6.45) is -0.280. The van der Waals surface area contributed by atoms with Crippen molar-refractivity contribution in [2.24, 2.45) is 0 Å². The summed E-state index contributed by atoms with van der Waals surface area (Å²) in [6, 6.07) is 1.96. The molecule has 0 atom stereocenters. The minimum Gasteiger partial charge on any atom is -0.488 e. The summed E-state index contributed by atoms with van der Waals surface area (Å²) in [5.74, 6) is -0.986. The van der Waals surface area contributed by atoms with Crippen LogP contribution in [0.2, 0.25) is 5.02 Å². The Balaban J connectivity index is 3.19. The number of nitrogens with zero attached hydrogens (tertiary/aromatic N) is 1. The Morgan fingerprint density at radius 3 is 2.60 bits per heavy atom. The quantitative estimate of drug-likeness (QED) is 0.595. The largest absolute Gasteiger partial charge is 0.488 e. The second-order valence-corrected chi connectivity index (χ2v) is 3.57. The number of rotatable bonds is 3. The summed E-state index contributed by atoms with van der Waals surface area (Å²) >= 11 is 5.49. The first-order valence-electron chi connectivity index (χ1n) is 4.22. The zero-order chi connectivity index (χ0) is 11.6. The van der Waals surface area contributed by atoms with Crippen molar-refractivity contribution in [1.82, 2.24) is 0 Å². The first kappa shape index (κ1) is 11.7. The van der Waals surface area contributed by atoms with Gasteiger partial charge >= 0.3 is 0 Å². The highest BCUT2D eigenvalue weighted by atomic mass is 35.5. The maximum absolute atomic E-state index is 13.3. The predicted molar refractivity (Wildman–Crippen MR) is 53.8 cm³/mol. The molecule has 1 rings (SSSR count). The van der Waals surface area contributed by atoms with Crippen LogP contribution in [0.5, 0.6) is 5.75 Å². The molecule has 0 saturated heterocycles. The van der Waals surface area contributed by atoms with Gasteiger partial charge in [-0.15, -0.1) is 0 Å². The topological polar surface area (TPSA) is 52.4 Å². The van der Waals surface area contributed by atoms with E-state index in [1.165, 1.54) is 0 Å². The lowest BCUT2D eigenvalue weighted by atomic mass is 10.3. The molecule has 0 radical (unpaired) electrons. The summed E-state index contributed by atoms with van der Waals surface area (Å²) in [5.41, 5.74) is -0.294. The van der Waals surface area contributed by atoms with Crippen LogP contribution in [0.4, 0.5) is 10.1 Å². The number of non-ortho nitro benzene ring substituents is 1. The molecule has 6 heteroatoms. The standard InChI is InChI=1S/C9H9ClFNO3/c1-5(2)15-8-4-6(12(13)14)3-7(10)9(8)11/h3-5H,1-2H3. The van der Waals surface area contributed by atoms with Gasteiger partial charge in [-0.2, -0.15) is 0 Å². The third kappa shape index (κ3) is 2.79. The van der Waals surface area contributed by atoms with E-state index in [1.807, 2.05) is 0 Å². The maximum atomic E-state index is 13.3. The molecule has 0 aliphatic rings. The molecular formula is C9H9ClFNO3. The van der Waals surface area contributed by atoms with E-state index in [0.717, 1.165) is 12.1 Å². The number of benzene rings is 1. The molecule has 82 valence electrons. The number of hydrogen-bond donors (Lipinski definition) is 0. The highest BCUT2D eigenvalue weighted by Crippen LogP contribution is 2.30. The normalized spacial score (nSPS) is 10.5. The van der Waals surface area contributed by atoms with Crippen molar-refractivity contribution in [2.45, 2.75) is 20.0 Å².